The molecular formula is C16H17ClN2O3S. The van der Waals surface area contributed by atoms with E-state index in [1.54, 1.807) is 12.1 Å². The molecule has 0 unspecified atom stereocenters. The molecule has 0 bridgehead atoms. The summed E-state index contributed by atoms with van der Waals surface area (Å²) in [6.07, 6.45) is 5.37. The number of hydrogen-bond acceptors (Lipinski definition) is 4. The van der Waals surface area contributed by atoms with E-state index in [0.29, 0.717) is 23.0 Å². The first-order valence-electron chi connectivity index (χ1n) is 7.32. The second kappa shape index (κ2) is 6.37. The van der Waals surface area contributed by atoms with Crippen LogP contribution in [-0.4, -0.2) is 27.1 Å². The molecule has 2 aromatic rings. The van der Waals surface area contributed by atoms with E-state index in [0.717, 1.165) is 24.8 Å². The molecule has 0 saturated carbocycles. The topological polar surface area (TPSA) is 59.5 Å². The molecule has 0 saturated heterocycles. The van der Waals surface area contributed by atoms with Gasteiger partial charge in [0.2, 0.25) is 0 Å². The second-order valence-corrected chi connectivity index (χ2v) is 7.67. The first kappa shape index (κ1) is 16.1. The zero-order chi connectivity index (χ0) is 16.4. The molecule has 1 aliphatic rings. The number of halogens is 1. The van der Waals surface area contributed by atoms with Gasteiger partial charge in [0.05, 0.1) is 19.0 Å². The quantitative estimate of drug-likeness (QED) is 0.850. The summed E-state index contributed by atoms with van der Waals surface area (Å²) in [5.41, 5.74) is 1.64. The van der Waals surface area contributed by atoms with Crippen molar-refractivity contribution in [3.05, 3.63) is 47.2 Å². The van der Waals surface area contributed by atoms with Crippen molar-refractivity contribution in [3.63, 3.8) is 0 Å². The first-order chi connectivity index (χ1) is 11.0. The maximum atomic E-state index is 13.1. The fourth-order valence-electron chi connectivity index (χ4n) is 2.72. The number of benzene rings is 1. The highest BCUT2D eigenvalue weighted by Crippen LogP contribution is 2.33. The molecule has 0 spiro atoms. The van der Waals surface area contributed by atoms with Crippen molar-refractivity contribution in [1.29, 1.82) is 0 Å². The van der Waals surface area contributed by atoms with Gasteiger partial charge in [0.1, 0.15) is 10.6 Å². The van der Waals surface area contributed by atoms with Gasteiger partial charge in [-0.1, -0.05) is 11.6 Å². The highest BCUT2D eigenvalue weighted by Gasteiger charge is 2.28. The Kier molecular flexibility index (Phi) is 4.46. The highest BCUT2D eigenvalue weighted by molar-refractivity contribution is 7.92. The summed E-state index contributed by atoms with van der Waals surface area (Å²) in [4.78, 5) is 4.08. The Labute approximate surface area is 140 Å². The average Bonchev–Trinajstić information content (AvgIpc) is 2.77. The van der Waals surface area contributed by atoms with E-state index in [-0.39, 0.29) is 4.90 Å². The van der Waals surface area contributed by atoms with Crippen LogP contribution < -0.4 is 9.04 Å². The minimum atomic E-state index is -3.70. The van der Waals surface area contributed by atoms with Gasteiger partial charge in [-0.3, -0.25) is 9.29 Å². The maximum Gasteiger partial charge on any atom is 0.266 e. The fraction of sp³-hybridized carbons (Fsp3) is 0.312. The molecule has 5 nitrogen and oxygen atoms in total. The van der Waals surface area contributed by atoms with Gasteiger partial charge in [-0.05, 0) is 43.0 Å². The van der Waals surface area contributed by atoms with E-state index in [1.165, 1.54) is 29.9 Å². The van der Waals surface area contributed by atoms with Crippen LogP contribution >= 0.6 is 11.6 Å². The first-order valence-corrected chi connectivity index (χ1v) is 9.14. The molecule has 3 rings (SSSR count). The minimum absolute atomic E-state index is 0.125. The number of ether oxygens (including phenoxy) is 1. The second-order valence-electron chi connectivity index (χ2n) is 5.37. The van der Waals surface area contributed by atoms with Crippen LogP contribution in [0.25, 0.3) is 0 Å². The highest BCUT2D eigenvalue weighted by atomic mass is 35.5. The summed E-state index contributed by atoms with van der Waals surface area (Å²) in [6.45, 7) is 0.439. The molecule has 7 heteroatoms. The Bertz CT molecular complexity index is 824. The maximum absolute atomic E-state index is 13.1. The lowest BCUT2D eigenvalue weighted by molar-refractivity contribution is 0.411. The lowest BCUT2D eigenvalue weighted by Gasteiger charge is -2.24. The standard InChI is InChI=1S/C16H17ClN2O3S/c1-22-14-9-15(11-18-10-14)23(20,21)19-7-3-2-4-12-8-13(17)5-6-16(12)19/h5-6,8-11H,2-4,7H2,1H3. The molecule has 0 amide bonds. The number of rotatable bonds is 3. The molecule has 0 N–H and O–H groups in total. The third-order valence-corrected chi connectivity index (χ3v) is 5.89. The Morgan fingerprint density at radius 1 is 1.22 bits per heavy atom. The van der Waals surface area contributed by atoms with Crippen LogP contribution in [0.4, 0.5) is 5.69 Å². The number of aryl methyl sites for hydroxylation is 1. The molecule has 1 aromatic heterocycles. The van der Waals surface area contributed by atoms with Crippen molar-refractivity contribution in [2.45, 2.75) is 24.2 Å². The largest absolute Gasteiger partial charge is 0.495 e. The number of nitrogens with zero attached hydrogens (tertiary/aromatic N) is 2. The zero-order valence-corrected chi connectivity index (χ0v) is 14.3. The monoisotopic (exact) mass is 352 g/mol. The van der Waals surface area contributed by atoms with Crippen LogP contribution in [0.3, 0.4) is 0 Å². The van der Waals surface area contributed by atoms with Gasteiger partial charge in [0, 0.05) is 23.8 Å². The van der Waals surface area contributed by atoms with E-state index >= 15 is 0 Å². The molecule has 0 aliphatic carbocycles. The summed E-state index contributed by atoms with van der Waals surface area (Å²) in [7, 11) is -2.21. The SMILES string of the molecule is COc1cncc(S(=O)(=O)N2CCCCc3cc(Cl)ccc32)c1. The van der Waals surface area contributed by atoms with Crippen LogP contribution in [0, 0.1) is 0 Å². The Balaban J connectivity index is 2.09. The minimum Gasteiger partial charge on any atom is -0.495 e. The molecule has 0 atom stereocenters. The fourth-order valence-corrected chi connectivity index (χ4v) is 4.43. The lowest BCUT2D eigenvalue weighted by atomic mass is 10.1. The predicted molar refractivity (Wildman–Crippen MR) is 89.7 cm³/mol. The van der Waals surface area contributed by atoms with Crippen molar-refractivity contribution < 1.29 is 13.2 Å². The molecule has 0 radical (unpaired) electrons. The average molecular weight is 353 g/mol. The van der Waals surface area contributed by atoms with Gasteiger partial charge in [-0.2, -0.15) is 0 Å². The third-order valence-electron chi connectivity index (χ3n) is 3.88. The van der Waals surface area contributed by atoms with Crippen molar-refractivity contribution in [1.82, 2.24) is 4.98 Å². The van der Waals surface area contributed by atoms with E-state index < -0.39 is 10.0 Å². The summed E-state index contributed by atoms with van der Waals surface area (Å²) in [5, 5.41) is 0.617. The van der Waals surface area contributed by atoms with Crippen molar-refractivity contribution in [2.24, 2.45) is 0 Å². The van der Waals surface area contributed by atoms with Crippen molar-refractivity contribution in [3.8, 4) is 5.75 Å². The molecule has 0 fully saturated rings. The Morgan fingerprint density at radius 2 is 2.04 bits per heavy atom. The summed E-state index contributed by atoms with van der Waals surface area (Å²) in [6, 6.07) is 6.82. The van der Waals surface area contributed by atoms with Crippen molar-refractivity contribution in [2.75, 3.05) is 18.0 Å². The van der Waals surface area contributed by atoms with E-state index in [9.17, 15) is 8.42 Å². The number of aromatic nitrogens is 1. The summed E-state index contributed by atoms with van der Waals surface area (Å²) < 4.78 is 32.6. The summed E-state index contributed by atoms with van der Waals surface area (Å²) in [5.74, 6) is 0.414. The zero-order valence-electron chi connectivity index (χ0n) is 12.7. The number of pyridine rings is 1. The van der Waals surface area contributed by atoms with E-state index in [4.69, 9.17) is 16.3 Å². The normalized spacial score (nSPS) is 15.0. The molecule has 23 heavy (non-hydrogen) atoms. The number of fused-ring (bicyclic) bond motifs is 1. The van der Waals surface area contributed by atoms with Gasteiger partial charge in [-0.15, -0.1) is 0 Å². The van der Waals surface area contributed by atoms with Crippen LogP contribution in [-0.2, 0) is 16.4 Å². The van der Waals surface area contributed by atoms with E-state index in [1.807, 2.05) is 6.07 Å². The number of anilines is 1. The van der Waals surface area contributed by atoms with Gasteiger partial charge >= 0.3 is 0 Å². The number of methoxy groups -OCH3 is 1. The Morgan fingerprint density at radius 3 is 2.83 bits per heavy atom. The van der Waals surface area contributed by atoms with Crippen LogP contribution in [0.15, 0.2) is 41.6 Å². The number of sulfonamides is 1. The van der Waals surface area contributed by atoms with Crippen molar-refractivity contribution >= 4 is 27.3 Å². The lowest BCUT2D eigenvalue weighted by Crippen LogP contribution is -2.32. The smallest absolute Gasteiger partial charge is 0.266 e. The number of hydrogen-bond donors (Lipinski definition) is 0. The van der Waals surface area contributed by atoms with Gasteiger partial charge < -0.3 is 4.74 Å². The summed E-state index contributed by atoms with van der Waals surface area (Å²) >= 11 is 6.05. The molecule has 1 aliphatic heterocycles. The Hall–Kier alpha value is -1.79. The van der Waals surface area contributed by atoms with Gasteiger partial charge in [-0.25, -0.2) is 8.42 Å². The van der Waals surface area contributed by atoms with Gasteiger partial charge in [0.25, 0.3) is 10.0 Å². The van der Waals surface area contributed by atoms with Crippen LogP contribution in [0.1, 0.15) is 18.4 Å². The predicted octanol–water partition coefficient (Wildman–Crippen LogP) is 3.28. The molecule has 122 valence electrons. The third kappa shape index (κ3) is 3.14. The van der Waals surface area contributed by atoms with Gasteiger partial charge in [0.15, 0.2) is 0 Å². The van der Waals surface area contributed by atoms with Crippen LogP contribution in [0.2, 0.25) is 5.02 Å². The van der Waals surface area contributed by atoms with Crippen LogP contribution in [0.5, 0.6) is 5.75 Å². The van der Waals surface area contributed by atoms with E-state index in [2.05, 4.69) is 4.98 Å². The molecule has 2 heterocycles. The molecule has 1 aromatic carbocycles. The molecular weight excluding hydrogens is 336 g/mol.